The second kappa shape index (κ2) is 8.23. The fourth-order valence-corrected chi connectivity index (χ4v) is 2.80. The number of unbranched alkanes of at least 4 members (excludes halogenated alkanes) is 1. The van der Waals surface area contributed by atoms with Crippen molar-refractivity contribution in [2.24, 2.45) is 7.05 Å². The molecule has 1 aromatic rings. The molecular weight excluding hydrogens is 292 g/mol. The van der Waals surface area contributed by atoms with Crippen LogP contribution in [0.2, 0.25) is 0 Å². The Hall–Kier alpha value is -1.28. The van der Waals surface area contributed by atoms with Crippen molar-refractivity contribution in [1.29, 1.82) is 0 Å². The Morgan fingerprint density at radius 3 is 2.76 bits per heavy atom. The first-order chi connectivity index (χ1) is 9.90. The monoisotopic (exact) mass is 316 g/mol. The van der Waals surface area contributed by atoms with E-state index < -0.39 is 11.5 Å². The second-order valence-electron chi connectivity index (χ2n) is 5.24. The van der Waals surface area contributed by atoms with Crippen LogP contribution in [0, 0.1) is 0 Å². The molecule has 0 aliphatic heterocycles. The van der Waals surface area contributed by atoms with E-state index in [4.69, 9.17) is 0 Å². The average Bonchev–Trinajstić information content (AvgIpc) is 2.76. The minimum absolute atomic E-state index is 0.222. The van der Waals surface area contributed by atoms with Crippen molar-refractivity contribution in [2.45, 2.75) is 50.2 Å². The van der Waals surface area contributed by atoms with Crippen LogP contribution in [0.3, 0.4) is 0 Å². The number of nitrogens with zero attached hydrogens (tertiary/aromatic N) is 2. The Labute approximate surface area is 128 Å². The van der Waals surface area contributed by atoms with Gasteiger partial charge in [-0.15, -0.1) is 5.10 Å². The van der Waals surface area contributed by atoms with Crippen LogP contribution in [0.4, 0.5) is 0 Å². The lowest BCUT2D eigenvalue weighted by atomic mass is 9.95. The molecule has 8 heteroatoms. The third-order valence-corrected chi connectivity index (χ3v) is 4.49. The van der Waals surface area contributed by atoms with Crippen LogP contribution >= 0.6 is 11.8 Å². The Kier molecular flexibility index (Phi) is 6.97. The van der Waals surface area contributed by atoms with Gasteiger partial charge in [-0.2, -0.15) is 0 Å². The molecule has 0 aliphatic carbocycles. The van der Waals surface area contributed by atoms with Gasteiger partial charge in [-0.25, -0.2) is 9.89 Å². The molecule has 0 fully saturated rings. The Morgan fingerprint density at radius 2 is 2.24 bits per heavy atom. The zero-order chi connectivity index (χ0) is 15.9. The maximum absolute atomic E-state index is 11.3. The summed E-state index contributed by atoms with van der Waals surface area (Å²) in [4.78, 5) is 22.5. The van der Waals surface area contributed by atoms with Crippen molar-refractivity contribution >= 4 is 17.7 Å². The number of rotatable bonds is 10. The van der Waals surface area contributed by atoms with Crippen molar-refractivity contribution < 1.29 is 9.90 Å². The molecule has 0 aliphatic rings. The quantitative estimate of drug-likeness (QED) is 0.443. The summed E-state index contributed by atoms with van der Waals surface area (Å²) >= 11 is 1.50. The Balaban J connectivity index is 2.33. The van der Waals surface area contributed by atoms with Crippen LogP contribution in [0.25, 0.3) is 0 Å². The normalized spacial score (nSPS) is 14.0. The lowest BCUT2D eigenvalue weighted by molar-refractivity contribution is -0.144. The summed E-state index contributed by atoms with van der Waals surface area (Å²) in [6, 6.07) is 0. The number of aromatic nitrogens is 3. The first-order valence-electron chi connectivity index (χ1n) is 7.13. The van der Waals surface area contributed by atoms with Gasteiger partial charge in [0.1, 0.15) is 5.54 Å². The van der Waals surface area contributed by atoms with E-state index in [0.717, 1.165) is 25.0 Å². The Bertz CT molecular complexity index is 514. The lowest BCUT2D eigenvalue weighted by Crippen LogP contribution is -2.49. The number of carboxylic acids is 1. The number of aliphatic carboxylic acids is 1. The van der Waals surface area contributed by atoms with Gasteiger partial charge in [-0.1, -0.05) is 25.1 Å². The molecule has 0 aromatic carbocycles. The zero-order valence-corrected chi connectivity index (χ0v) is 13.6. The first kappa shape index (κ1) is 17.8. The maximum atomic E-state index is 11.3. The molecule has 1 rings (SSSR count). The minimum Gasteiger partial charge on any atom is -0.480 e. The summed E-state index contributed by atoms with van der Waals surface area (Å²) in [5.74, 6) is 0.0000242. The van der Waals surface area contributed by atoms with Crippen molar-refractivity contribution in [3.8, 4) is 0 Å². The van der Waals surface area contributed by atoms with Gasteiger partial charge in [0.15, 0.2) is 5.16 Å². The molecule has 21 heavy (non-hydrogen) atoms. The van der Waals surface area contributed by atoms with Gasteiger partial charge >= 0.3 is 11.7 Å². The number of H-pyrrole nitrogens is 1. The summed E-state index contributed by atoms with van der Waals surface area (Å²) < 4.78 is 1.47. The van der Waals surface area contributed by atoms with Gasteiger partial charge in [0.05, 0.1) is 0 Å². The fourth-order valence-electron chi connectivity index (χ4n) is 1.88. The van der Waals surface area contributed by atoms with E-state index in [1.165, 1.54) is 16.3 Å². The second-order valence-corrected chi connectivity index (χ2v) is 6.30. The summed E-state index contributed by atoms with van der Waals surface area (Å²) in [5, 5.41) is 19.4. The number of thioether (sulfide) groups is 1. The van der Waals surface area contributed by atoms with Gasteiger partial charge in [0.25, 0.3) is 0 Å². The van der Waals surface area contributed by atoms with Crippen LogP contribution in [0.15, 0.2) is 9.95 Å². The predicted molar refractivity (Wildman–Crippen MR) is 82.7 cm³/mol. The van der Waals surface area contributed by atoms with Gasteiger partial charge in [0.2, 0.25) is 0 Å². The van der Waals surface area contributed by atoms with E-state index in [1.807, 2.05) is 6.92 Å². The standard InChI is InChI=1S/C13H24N4O3S/c1-4-8-14-13(2,10(18)19)7-5-6-9-21-12-16-15-11(20)17(12)3/h14H,4-9H2,1-3H3,(H,15,20)(H,18,19). The van der Waals surface area contributed by atoms with Gasteiger partial charge in [-0.3, -0.25) is 9.36 Å². The van der Waals surface area contributed by atoms with Crippen molar-refractivity contribution in [2.75, 3.05) is 12.3 Å². The molecule has 0 bridgehead atoms. The summed E-state index contributed by atoms with van der Waals surface area (Å²) in [5.41, 5.74) is -1.08. The van der Waals surface area contributed by atoms with Gasteiger partial charge in [0, 0.05) is 12.8 Å². The van der Waals surface area contributed by atoms with Crippen LogP contribution in [0.1, 0.15) is 39.5 Å². The van der Waals surface area contributed by atoms with Crippen LogP contribution < -0.4 is 11.0 Å². The molecule has 3 N–H and O–H groups in total. The number of carbonyl (C=O) groups is 1. The van der Waals surface area contributed by atoms with Gasteiger partial charge < -0.3 is 10.4 Å². The number of carboxylic acid groups (broad SMARTS) is 1. The molecule has 0 amide bonds. The summed E-state index contributed by atoms with van der Waals surface area (Å²) in [6.07, 6.45) is 3.18. The Morgan fingerprint density at radius 1 is 1.52 bits per heavy atom. The molecular formula is C13H24N4O3S. The van der Waals surface area contributed by atoms with Crippen molar-refractivity contribution in [3.63, 3.8) is 0 Å². The van der Waals surface area contributed by atoms with E-state index in [2.05, 4.69) is 15.5 Å². The zero-order valence-electron chi connectivity index (χ0n) is 12.8. The van der Waals surface area contributed by atoms with E-state index in [-0.39, 0.29) is 5.69 Å². The maximum Gasteiger partial charge on any atom is 0.343 e. The number of hydrogen-bond acceptors (Lipinski definition) is 5. The van der Waals surface area contributed by atoms with E-state index in [1.54, 1.807) is 14.0 Å². The highest BCUT2D eigenvalue weighted by Crippen LogP contribution is 2.18. The van der Waals surface area contributed by atoms with Crippen LogP contribution in [0.5, 0.6) is 0 Å². The SMILES string of the molecule is CCCNC(C)(CCCCSc1n[nH]c(=O)n1C)C(=O)O. The third-order valence-electron chi connectivity index (χ3n) is 3.38. The average molecular weight is 316 g/mol. The predicted octanol–water partition coefficient (Wildman–Crippen LogP) is 1.21. The molecule has 0 radical (unpaired) electrons. The van der Waals surface area contributed by atoms with E-state index in [0.29, 0.717) is 18.1 Å². The van der Waals surface area contributed by atoms with Crippen molar-refractivity contribution in [3.05, 3.63) is 10.5 Å². The molecule has 1 aromatic heterocycles. The summed E-state index contributed by atoms with van der Waals surface area (Å²) in [6.45, 7) is 4.45. The lowest BCUT2D eigenvalue weighted by Gasteiger charge is -2.26. The van der Waals surface area contributed by atoms with Crippen molar-refractivity contribution in [1.82, 2.24) is 20.1 Å². The molecule has 1 atom stereocenters. The number of aromatic amines is 1. The van der Waals surface area contributed by atoms with E-state index >= 15 is 0 Å². The minimum atomic E-state index is -0.861. The first-order valence-corrected chi connectivity index (χ1v) is 8.12. The third kappa shape index (κ3) is 5.20. The smallest absolute Gasteiger partial charge is 0.343 e. The van der Waals surface area contributed by atoms with Crippen LogP contribution in [-0.2, 0) is 11.8 Å². The molecule has 0 saturated carbocycles. The fraction of sp³-hybridized carbons (Fsp3) is 0.769. The largest absolute Gasteiger partial charge is 0.480 e. The molecule has 1 unspecified atom stereocenters. The molecule has 0 spiro atoms. The number of hydrogen-bond donors (Lipinski definition) is 3. The van der Waals surface area contributed by atoms with E-state index in [9.17, 15) is 14.7 Å². The molecule has 7 nitrogen and oxygen atoms in total. The highest BCUT2D eigenvalue weighted by atomic mass is 32.2. The number of nitrogens with one attached hydrogen (secondary N) is 2. The molecule has 120 valence electrons. The molecule has 0 saturated heterocycles. The van der Waals surface area contributed by atoms with Crippen LogP contribution in [-0.4, -0.2) is 43.7 Å². The highest BCUT2D eigenvalue weighted by molar-refractivity contribution is 7.99. The topological polar surface area (TPSA) is 100 Å². The van der Waals surface area contributed by atoms with Gasteiger partial charge in [-0.05, 0) is 32.7 Å². The highest BCUT2D eigenvalue weighted by Gasteiger charge is 2.31. The molecule has 1 heterocycles. The summed E-state index contributed by atoms with van der Waals surface area (Å²) in [7, 11) is 1.67.